The summed E-state index contributed by atoms with van der Waals surface area (Å²) in [5.74, 6) is -0.935. The standard InChI is InChI=1S/C27H28ClFN2O2/c1-2-15-30-27(33)25(17-20-9-4-3-5-10-20)31(19-22-12-6-7-14-24(22)29)26(32)18-21-11-8-13-23(28)16-21/h3-14,16,25H,2,15,17-19H2,1H3,(H,30,33)/t25-/m1/s1. The summed E-state index contributed by atoms with van der Waals surface area (Å²) in [7, 11) is 0. The van der Waals surface area contributed by atoms with Gasteiger partial charge in [-0.1, -0.05) is 79.2 Å². The molecule has 33 heavy (non-hydrogen) atoms. The number of hydrogen-bond donors (Lipinski definition) is 1. The third-order valence-electron chi connectivity index (χ3n) is 5.36. The van der Waals surface area contributed by atoms with Crippen molar-refractivity contribution < 1.29 is 14.0 Å². The summed E-state index contributed by atoms with van der Waals surface area (Å²) < 4.78 is 14.5. The number of rotatable bonds is 10. The van der Waals surface area contributed by atoms with Crippen LogP contribution in [0.4, 0.5) is 4.39 Å². The maximum absolute atomic E-state index is 14.5. The van der Waals surface area contributed by atoms with Crippen LogP contribution in [0.25, 0.3) is 0 Å². The lowest BCUT2D eigenvalue weighted by molar-refractivity contribution is -0.140. The predicted molar refractivity (Wildman–Crippen MR) is 129 cm³/mol. The normalized spacial score (nSPS) is 11.6. The van der Waals surface area contributed by atoms with Crippen LogP contribution < -0.4 is 5.32 Å². The minimum Gasteiger partial charge on any atom is -0.354 e. The number of amides is 2. The Morgan fingerprint density at radius 2 is 1.67 bits per heavy atom. The second-order valence-corrected chi connectivity index (χ2v) is 8.35. The molecule has 0 aliphatic heterocycles. The SMILES string of the molecule is CCCNC(=O)[C@@H](Cc1ccccc1)N(Cc1ccccc1F)C(=O)Cc1cccc(Cl)c1. The molecule has 0 saturated heterocycles. The summed E-state index contributed by atoms with van der Waals surface area (Å²) >= 11 is 6.10. The Morgan fingerprint density at radius 3 is 2.36 bits per heavy atom. The van der Waals surface area contributed by atoms with Gasteiger partial charge in [0.2, 0.25) is 11.8 Å². The van der Waals surface area contributed by atoms with Crippen molar-refractivity contribution in [2.75, 3.05) is 6.54 Å². The van der Waals surface area contributed by atoms with Gasteiger partial charge >= 0.3 is 0 Å². The predicted octanol–water partition coefficient (Wildman–Crippen LogP) is 5.19. The summed E-state index contributed by atoms with van der Waals surface area (Å²) in [6, 6.07) is 22.1. The zero-order valence-corrected chi connectivity index (χ0v) is 19.4. The third-order valence-corrected chi connectivity index (χ3v) is 5.60. The lowest BCUT2D eigenvalue weighted by Crippen LogP contribution is -2.51. The van der Waals surface area contributed by atoms with Crippen molar-refractivity contribution in [3.63, 3.8) is 0 Å². The van der Waals surface area contributed by atoms with Gasteiger partial charge in [-0.05, 0) is 35.7 Å². The van der Waals surface area contributed by atoms with Gasteiger partial charge in [0, 0.05) is 30.1 Å². The van der Waals surface area contributed by atoms with Crippen LogP contribution in [0.15, 0.2) is 78.9 Å². The van der Waals surface area contributed by atoms with Gasteiger partial charge in [0.25, 0.3) is 0 Å². The molecule has 0 aliphatic carbocycles. The van der Waals surface area contributed by atoms with Crippen LogP contribution in [-0.4, -0.2) is 29.3 Å². The molecule has 0 aliphatic rings. The van der Waals surface area contributed by atoms with Crippen LogP contribution in [0.2, 0.25) is 5.02 Å². The van der Waals surface area contributed by atoms with E-state index in [1.54, 1.807) is 36.4 Å². The first kappa shape index (κ1) is 24.5. The van der Waals surface area contributed by atoms with Crippen LogP contribution in [0.5, 0.6) is 0 Å². The van der Waals surface area contributed by atoms with Crippen molar-refractivity contribution in [1.29, 1.82) is 0 Å². The van der Waals surface area contributed by atoms with Gasteiger partial charge in [-0.15, -0.1) is 0 Å². The first-order valence-electron chi connectivity index (χ1n) is 11.1. The lowest BCUT2D eigenvalue weighted by Gasteiger charge is -2.32. The molecule has 0 unspecified atom stereocenters. The second kappa shape index (κ2) is 12.2. The molecule has 0 aromatic heterocycles. The zero-order valence-electron chi connectivity index (χ0n) is 18.6. The van der Waals surface area contributed by atoms with E-state index >= 15 is 0 Å². The van der Waals surface area contributed by atoms with Crippen molar-refractivity contribution in [3.05, 3.63) is 106 Å². The van der Waals surface area contributed by atoms with Gasteiger partial charge in [0.15, 0.2) is 0 Å². The molecule has 3 aromatic rings. The van der Waals surface area contributed by atoms with E-state index in [9.17, 15) is 14.0 Å². The number of benzene rings is 3. The average Bonchev–Trinajstić information content (AvgIpc) is 2.81. The van der Waals surface area contributed by atoms with Crippen LogP contribution >= 0.6 is 11.6 Å². The Morgan fingerprint density at radius 1 is 0.970 bits per heavy atom. The van der Waals surface area contributed by atoms with E-state index in [0.29, 0.717) is 23.6 Å². The summed E-state index contributed by atoms with van der Waals surface area (Å²) in [5, 5.41) is 3.44. The van der Waals surface area contributed by atoms with Crippen LogP contribution in [-0.2, 0) is 29.0 Å². The fraction of sp³-hybridized carbons (Fsp3) is 0.259. The molecule has 0 bridgehead atoms. The first-order valence-corrected chi connectivity index (χ1v) is 11.4. The Kier molecular flexibility index (Phi) is 9.02. The molecule has 0 saturated carbocycles. The fourth-order valence-corrected chi connectivity index (χ4v) is 3.87. The smallest absolute Gasteiger partial charge is 0.243 e. The minimum absolute atomic E-state index is 0.0108. The lowest BCUT2D eigenvalue weighted by atomic mass is 10.0. The number of hydrogen-bond acceptors (Lipinski definition) is 2. The van der Waals surface area contributed by atoms with E-state index in [2.05, 4.69) is 5.32 Å². The highest BCUT2D eigenvalue weighted by Crippen LogP contribution is 2.19. The molecule has 3 rings (SSSR count). The van der Waals surface area contributed by atoms with Gasteiger partial charge in [-0.3, -0.25) is 9.59 Å². The number of carbonyl (C=O) groups is 2. The molecule has 4 nitrogen and oxygen atoms in total. The Hall–Kier alpha value is -3.18. The summed E-state index contributed by atoms with van der Waals surface area (Å²) in [6.07, 6.45) is 1.15. The first-order chi connectivity index (χ1) is 16.0. The molecular weight excluding hydrogens is 439 g/mol. The van der Waals surface area contributed by atoms with E-state index in [0.717, 1.165) is 17.5 Å². The number of nitrogens with zero attached hydrogens (tertiary/aromatic N) is 1. The fourth-order valence-electron chi connectivity index (χ4n) is 3.65. The Bertz CT molecular complexity index is 1070. The maximum atomic E-state index is 14.5. The van der Waals surface area contributed by atoms with Gasteiger partial charge in [-0.25, -0.2) is 4.39 Å². The molecule has 0 heterocycles. The molecule has 3 aromatic carbocycles. The summed E-state index contributed by atoms with van der Waals surface area (Å²) in [6.45, 7) is 2.46. The number of halogens is 2. The van der Waals surface area contributed by atoms with Crippen LogP contribution in [0.3, 0.4) is 0 Å². The van der Waals surface area contributed by atoms with Gasteiger partial charge < -0.3 is 10.2 Å². The van der Waals surface area contributed by atoms with Crippen LogP contribution in [0.1, 0.15) is 30.0 Å². The molecule has 6 heteroatoms. The second-order valence-electron chi connectivity index (χ2n) is 7.92. The van der Waals surface area contributed by atoms with Gasteiger partial charge in [-0.2, -0.15) is 0 Å². The van der Waals surface area contributed by atoms with E-state index in [1.165, 1.54) is 11.0 Å². The van der Waals surface area contributed by atoms with Crippen molar-refractivity contribution in [1.82, 2.24) is 10.2 Å². The molecule has 172 valence electrons. The van der Waals surface area contributed by atoms with Crippen LogP contribution in [0, 0.1) is 5.82 Å². The topological polar surface area (TPSA) is 49.4 Å². The van der Waals surface area contributed by atoms with E-state index < -0.39 is 11.9 Å². The quantitative estimate of drug-likeness (QED) is 0.447. The summed E-state index contributed by atoms with van der Waals surface area (Å²) in [5.41, 5.74) is 2.01. The highest BCUT2D eigenvalue weighted by molar-refractivity contribution is 6.30. The van der Waals surface area contributed by atoms with Crippen molar-refractivity contribution in [3.8, 4) is 0 Å². The molecule has 1 atom stereocenters. The third kappa shape index (κ3) is 7.16. The van der Waals surface area contributed by atoms with E-state index in [1.807, 2.05) is 43.3 Å². The Labute approximate surface area is 199 Å². The largest absolute Gasteiger partial charge is 0.354 e. The zero-order chi connectivity index (χ0) is 23.6. The van der Waals surface area contributed by atoms with Crippen molar-refractivity contribution >= 4 is 23.4 Å². The summed E-state index contributed by atoms with van der Waals surface area (Å²) in [4.78, 5) is 28.2. The highest BCUT2D eigenvalue weighted by Gasteiger charge is 2.30. The van der Waals surface area contributed by atoms with E-state index in [-0.39, 0.29) is 24.8 Å². The number of nitrogens with one attached hydrogen (secondary N) is 1. The molecule has 2 amide bonds. The average molecular weight is 467 g/mol. The van der Waals surface area contributed by atoms with Crippen molar-refractivity contribution in [2.24, 2.45) is 0 Å². The molecule has 0 fully saturated rings. The molecular formula is C27H28ClFN2O2. The number of carbonyl (C=O) groups excluding carboxylic acids is 2. The maximum Gasteiger partial charge on any atom is 0.243 e. The monoisotopic (exact) mass is 466 g/mol. The molecule has 1 N–H and O–H groups in total. The molecule has 0 radical (unpaired) electrons. The van der Waals surface area contributed by atoms with Gasteiger partial charge in [0.1, 0.15) is 11.9 Å². The van der Waals surface area contributed by atoms with Gasteiger partial charge in [0.05, 0.1) is 6.42 Å². The Balaban J connectivity index is 1.96. The van der Waals surface area contributed by atoms with E-state index in [4.69, 9.17) is 11.6 Å². The minimum atomic E-state index is -0.787. The molecule has 0 spiro atoms. The van der Waals surface area contributed by atoms with Crippen molar-refractivity contribution in [2.45, 2.75) is 38.8 Å². The highest BCUT2D eigenvalue weighted by atomic mass is 35.5.